The number of ketones is 1. The van der Waals surface area contributed by atoms with Gasteiger partial charge in [0.05, 0.1) is 12.7 Å². The molecule has 0 radical (unpaired) electrons. The summed E-state index contributed by atoms with van der Waals surface area (Å²) in [5, 5.41) is 0. The van der Waals surface area contributed by atoms with E-state index in [0.717, 1.165) is 11.1 Å². The van der Waals surface area contributed by atoms with Crippen molar-refractivity contribution in [3.63, 3.8) is 0 Å². The third-order valence-electron chi connectivity index (χ3n) is 3.52. The van der Waals surface area contributed by atoms with E-state index in [2.05, 4.69) is 0 Å². The maximum Gasteiger partial charge on any atom is 0.232 e. The van der Waals surface area contributed by atoms with E-state index < -0.39 is 0 Å². The Bertz CT molecular complexity index is 771. The van der Waals surface area contributed by atoms with Crippen LogP contribution in [0.15, 0.2) is 60.4 Å². The number of rotatable bonds is 3. The van der Waals surface area contributed by atoms with Gasteiger partial charge in [-0.1, -0.05) is 42.5 Å². The Labute approximate surface area is 129 Å². The van der Waals surface area contributed by atoms with Crippen LogP contribution in [0.5, 0.6) is 11.5 Å². The summed E-state index contributed by atoms with van der Waals surface area (Å²) in [7, 11) is 1.59. The molecule has 0 amide bonds. The second-order valence-electron chi connectivity index (χ2n) is 5.05. The third kappa shape index (κ3) is 2.66. The van der Waals surface area contributed by atoms with E-state index in [4.69, 9.17) is 9.47 Å². The summed E-state index contributed by atoms with van der Waals surface area (Å²) in [6.45, 7) is 1.88. The lowest BCUT2D eigenvalue weighted by Gasteiger charge is -2.04. The van der Waals surface area contributed by atoms with Gasteiger partial charge in [-0.05, 0) is 30.2 Å². The number of fused-ring (bicyclic) bond motifs is 1. The number of carbonyl (C=O) groups is 1. The van der Waals surface area contributed by atoms with Crippen molar-refractivity contribution >= 4 is 11.9 Å². The van der Waals surface area contributed by atoms with E-state index in [0.29, 0.717) is 22.8 Å². The molecule has 0 bridgehead atoms. The highest BCUT2D eigenvalue weighted by Gasteiger charge is 2.29. The number of ether oxygens (including phenoxy) is 2. The van der Waals surface area contributed by atoms with Gasteiger partial charge in [-0.3, -0.25) is 4.79 Å². The first-order chi connectivity index (χ1) is 10.7. The summed E-state index contributed by atoms with van der Waals surface area (Å²) >= 11 is 0. The molecule has 0 spiro atoms. The molecule has 0 aromatic heterocycles. The summed E-state index contributed by atoms with van der Waals surface area (Å²) in [5.74, 6) is 1.48. The lowest BCUT2D eigenvalue weighted by atomic mass is 10.0. The van der Waals surface area contributed by atoms with Crippen LogP contribution in [0.3, 0.4) is 0 Å². The topological polar surface area (TPSA) is 35.5 Å². The number of Topliss-reactive ketones (excluding diaryl/α,β-unsaturated/α-hetero) is 1. The molecule has 0 aliphatic carbocycles. The predicted molar refractivity (Wildman–Crippen MR) is 86.2 cm³/mol. The molecule has 0 N–H and O–H groups in total. The molecule has 2 aromatic carbocycles. The molecule has 0 atom stereocenters. The van der Waals surface area contributed by atoms with Gasteiger partial charge in [0.2, 0.25) is 5.78 Å². The molecule has 3 nitrogen and oxygen atoms in total. The van der Waals surface area contributed by atoms with Gasteiger partial charge in [0.15, 0.2) is 5.76 Å². The average molecular weight is 292 g/mol. The number of allylic oxidation sites excluding steroid dienone is 3. The van der Waals surface area contributed by atoms with Crippen LogP contribution in [-0.2, 0) is 0 Å². The SMILES string of the molecule is COc1cc(C)c2c(c1)O/C(=C\C=C\c1ccccc1)C2=O. The highest BCUT2D eigenvalue weighted by atomic mass is 16.5. The van der Waals surface area contributed by atoms with Gasteiger partial charge < -0.3 is 9.47 Å². The second kappa shape index (κ2) is 5.90. The number of hydrogen-bond donors (Lipinski definition) is 0. The summed E-state index contributed by atoms with van der Waals surface area (Å²) in [4.78, 5) is 12.4. The molecule has 3 heteroatoms. The van der Waals surface area contributed by atoms with Crippen molar-refractivity contribution in [1.29, 1.82) is 0 Å². The van der Waals surface area contributed by atoms with Crippen molar-refractivity contribution in [2.45, 2.75) is 6.92 Å². The minimum absolute atomic E-state index is 0.0899. The molecule has 1 aliphatic heterocycles. The molecule has 3 rings (SSSR count). The first-order valence-corrected chi connectivity index (χ1v) is 7.03. The zero-order valence-corrected chi connectivity index (χ0v) is 12.5. The van der Waals surface area contributed by atoms with E-state index in [1.807, 2.05) is 55.5 Å². The zero-order valence-electron chi connectivity index (χ0n) is 12.5. The average Bonchev–Trinajstić information content (AvgIpc) is 2.85. The van der Waals surface area contributed by atoms with E-state index in [-0.39, 0.29) is 5.78 Å². The Hall–Kier alpha value is -2.81. The van der Waals surface area contributed by atoms with E-state index in [1.54, 1.807) is 19.3 Å². The highest BCUT2D eigenvalue weighted by molar-refractivity contribution is 6.13. The van der Waals surface area contributed by atoms with Crippen LogP contribution < -0.4 is 9.47 Å². The molecular formula is C19H16O3. The van der Waals surface area contributed by atoms with Gasteiger partial charge in [0.25, 0.3) is 0 Å². The Morgan fingerprint density at radius 2 is 1.91 bits per heavy atom. The van der Waals surface area contributed by atoms with Crippen molar-refractivity contribution < 1.29 is 14.3 Å². The molecule has 1 heterocycles. The van der Waals surface area contributed by atoms with Crippen LogP contribution in [0.25, 0.3) is 6.08 Å². The minimum Gasteiger partial charge on any atom is -0.497 e. The van der Waals surface area contributed by atoms with Crippen LogP contribution in [0.4, 0.5) is 0 Å². The maximum absolute atomic E-state index is 12.4. The largest absolute Gasteiger partial charge is 0.497 e. The van der Waals surface area contributed by atoms with E-state index >= 15 is 0 Å². The Balaban J connectivity index is 1.86. The normalized spacial score (nSPS) is 15.2. The lowest BCUT2D eigenvalue weighted by Crippen LogP contribution is -1.99. The molecule has 2 aromatic rings. The zero-order chi connectivity index (χ0) is 15.5. The van der Waals surface area contributed by atoms with Crippen molar-refractivity contribution in [3.8, 4) is 11.5 Å². The minimum atomic E-state index is -0.0899. The van der Waals surface area contributed by atoms with Crippen molar-refractivity contribution in [3.05, 3.63) is 77.1 Å². The summed E-state index contributed by atoms with van der Waals surface area (Å²) < 4.78 is 10.9. The van der Waals surface area contributed by atoms with Gasteiger partial charge in [-0.15, -0.1) is 0 Å². The first kappa shape index (κ1) is 14.1. The van der Waals surface area contributed by atoms with E-state index in [9.17, 15) is 4.79 Å². The molecule has 0 saturated heterocycles. The summed E-state index contributed by atoms with van der Waals surface area (Å²) in [6.07, 6.45) is 5.45. The fourth-order valence-electron chi connectivity index (χ4n) is 2.42. The molecule has 22 heavy (non-hydrogen) atoms. The smallest absolute Gasteiger partial charge is 0.232 e. The molecule has 0 saturated carbocycles. The van der Waals surface area contributed by atoms with Crippen LogP contribution in [-0.4, -0.2) is 12.9 Å². The van der Waals surface area contributed by atoms with Crippen molar-refractivity contribution in [2.24, 2.45) is 0 Å². The van der Waals surface area contributed by atoms with Gasteiger partial charge in [-0.2, -0.15) is 0 Å². The van der Waals surface area contributed by atoms with Crippen molar-refractivity contribution in [1.82, 2.24) is 0 Å². The Morgan fingerprint density at radius 1 is 1.14 bits per heavy atom. The van der Waals surface area contributed by atoms with Crippen LogP contribution >= 0.6 is 0 Å². The van der Waals surface area contributed by atoms with E-state index in [1.165, 1.54) is 0 Å². The number of benzene rings is 2. The fraction of sp³-hybridized carbons (Fsp3) is 0.105. The monoisotopic (exact) mass is 292 g/mol. The maximum atomic E-state index is 12.4. The van der Waals surface area contributed by atoms with Gasteiger partial charge in [-0.25, -0.2) is 0 Å². The van der Waals surface area contributed by atoms with Gasteiger partial charge in [0, 0.05) is 6.07 Å². The number of carbonyl (C=O) groups excluding carboxylic acids is 1. The molecule has 0 fully saturated rings. The third-order valence-corrected chi connectivity index (χ3v) is 3.52. The summed E-state index contributed by atoms with van der Waals surface area (Å²) in [5.41, 5.74) is 2.54. The van der Waals surface area contributed by atoms with Crippen LogP contribution in [0, 0.1) is 6.92 Å². The van der Waals surface area contributed by atoms with Gasteiger partial charge in [0.1, 0.15) is 11.5 Å². The fourth-order valence-corrected chi connectivity index (χ4v) is 2.42. The molecule has 0 unspecified atom stereocenters. The van der Waals surface area contributed by atoms with Crippen LogP contribution in [0.2, 0.25) is 0 Å². The lowest BCUT2D eigenvalue weighted by molar-refractivity contribution is 0.101. The number of methoxy groups -OCH3 is 1. The molecule has 110 valence electrons. The standard InChI is InChI=1S/C19H16O3/c1-13-11-15(21-2)12-17-18(13)19(20)16(22-17)10-6-9-14-7-4-3-5-8-14/h3-12H,1-2H3/b9-6+,16-10-. The van der Waals surface area contributed by atoms with Gasteiger partial charge >= 0.3 is 0 Å². The first-order valence-electron chi connectivity index (χ1n) is 7.03. The quantitative estimate of drug-likeness (QED) is 0.796. The Morgan fingerprint density at radius 3 is 2.64 bits per heavy atom. The highest BCUT2D eigenvalue weighted by Crippen LogP contribution is 2.36. The van der Waals surface area contributed by atoms with Crippen LogP contribution in [0.1, 0.15) is 21.5 Å². The Kier molecular flexibility index (Phi) is 3.79. The summed E-state index contributed by atoms with van der Waals surface area (Å²) in [6, 6.07) is 13.5. The molecule has 1 aliphatic rings. The number of aryl methyl sites for hydroxylation is 1. The molecular weight excluding hydrogens is 276 g/mol. The predicted octanol–water partition coefficient (Wildman–Crippen LogP) is 4.18. The number of hydrogen-bond acceptors (Lipinski definition) is 3. The second-order valence-corrected chi connectivity index (χ2v) is 5.05. The van der Waals surface area contributed by atoms with Crippen molar-refractivity contribution in [2.75, 3.05) is 7.11 Å².